The second kappa shape index (κ2) is 6.33. The third kappa shape index (κ3) is 5.55. The van der Waals surface area contributed by atoms with E-state index in [4.69, 9.17) is 4.74 Å². The second-order valence-corrected chi connectivity index (χ2v) is 6.44. The van der Waals surface area contributed by atoms with Crippen molar-refractivity contribution in [2.24, 2.45) is 0 Å². The van der Waals surface area contributed by atoms with Gasteiger partial charge in [-0.05, 0) is 20.8 Å². The topological polar surface area (TPSA) is 47.0 Å². The van der Waals surface area contributed by atoms with Crippen LogP contribution in [0.2, 0.25) is 0 Å². The van der Waals surface area contributed by atoms with Crippen molar-refractivity contribution in [3.05, 3.63) is 17.7 Å². The average Bonchev–Trinajstić information content (AvgIpc) is 2.25. The molecule has 0 saturated carbocycles. The molecule has 0 saturated heterocycles. The highest BCUT2D eigenvalue weighted by Crippen LogP contribution is 2.22. The van der Waals surface area contributed by atoms with Crippen molar-refractivity contribution < 1.29 is 4.74 Å². The molecule has 1 aromatic heterocycles. The number of nitrogens with zero attached hydrogens (tertiary/aromatic N) is 2. The van der Waals surface area contributed by atoms with Crippen molar-refractivity contribution in [2.75, 3.05) is 0 Å². The minimum absolute atomic E-state index is 0.241. The van der Waals surface area contributed by atoms with Crippen LogP contribution in [0.25, 0.3) is 0 Å². The van der Waals surface area contributed by atoms with Gasteiger partial charge in [0.25, 0.3) is 0 Å². The summed E-state index contributed by atoms with van der Waals surface area (Å²) in [6.45, 7) is 15.2. The highest BCUT2D eigenvalue weighted by atomic mass is 16.5. The van der Waals surface area contributed by atoms with E-state index in [9.17, 15) is 0 Å². The molecule has 0 aliphatic rings. The van der Waals surface area contributed by atoms with Gasteiger partial charge in [0.1, 0.15) is 11.4 Å². The highest BCUT2D eigenvalue weighted by Gasteiger charge is 2.17. The van der Waals surface area contributed by atoms with E-state index in [2.05, 4.69) is 43.0 Å². The minimum atomic E-state index is -0.241. The van der Waals surface area contributed by atoms with Crippen LogP contribution in [-0.2, 0) is 6.54 Å². The molecule has 1 rings (SSSR count). The molecule has 0 unspecified atom stereocenters. The Balaban J connectivity index is 3.00. The van der Waals surface area contributed by atoms with Crippen molar-refractivity contribution in [2.45, 2.75) is 72.6 Å². The van der Waals surface area contributed by atoms with Crippen LogP contribution in [0.3, 0.4) is 0 Å². The molecule has 0 aliphatic heterocycles. The van der Waals surface area contributed by atoms with Gasteiger partial charge in [0, 0.05) is 18.5 Å². The molecule has 1 aromatic rings. The maximum Gasteiger partial charge on any atom is 0.161 e. The molecule has 108 valence electrons. The molecule has 0 fully saturated rings. The molecule has 0 spiro atoms. The van der Waals surface area contributed by atoms with E-state index in [0.29, 0.717) is 18.5 Å². The first kappa shape index (κ1) is 15.9. The first-order chi connectivity index (χ1) is 8.69. The molecule has 4 nitrogen and oxygen atoms in total. The molecule has 0 aromatic carbocycles. The number of hydrogen-bond donors (Lipinski definition) is 1. The van der Waals surface area contributed by atoms with Gasteiger partial charge >= 0.3 is 0 Å². The van der Waals surface area contributed by atoms with Crippen LogP contribution in [0.5, 0.6) is 5.75 Å². The van der Waals surface area contributed by atoms with Gasteiger partial charge in [0.2, 0.25) is 0 Å². The lowest BCUT2D eigenvalue weighted by Gasteiger charge is -2.23. The zero-order valence-electron chi connectivity index (χ0n) is 13.2. The maximum atomic E-state index is 5.93. The fraction of sp³-hybridized carbons (Fsp3) is 0.733. The summed E-state index contributed by atoms with van der Waals surface area (Å²) >= 11 is 0. The molecule has 0 radical (unpaired) electrons. The molecule has 19 heavy (non-hydrogen) atoms. The first-order valence-electron chi connectivity index (χ1n) is 6.97. The molecule has 0 bridgehead atoms. The van der Waals surface area contributed by atoms with Gasteiger partial charge in [0.05, 0.1) is 11.9 Å². The van der Waals surface area contributed by atoms with Crippen molar-refractivity contribution >= 4 is 0 Å². The molecule has 0 atom stereocenters. The van der Waals surface area contributed by atoms with Crippen molar-refractivity contribution in [1.82, 2.24) is 15.3 Å². The zero-order chi connectivity index (χ0) is 14.6. The normalized spacial score (nSPS) is 12.3. The summed E-state index contributed by atoms with van der Waals surface area (Å²) in [6.07, 6.45) is 1.80. The van der Waals surface area contributed by atoms with Crippen molar-refractivity contribution in [3.8, 4) is 5.75 Å². The summed E-state index contributed by atoms with van der Waals surface area (Å²) in [4.78, 5) is 9.02. The second-order valence-electron chi connectivity index (χ2n) is 6.44. The maximum absolute atomic E-state index is 5.93. The van der Waals surface area contributed by atoms with Gasteiger partial charge in [-0.15, -0.1) is 0 Å². The third-order valence-electron chi connectivity index (χ3n) is 2.46. The van der Waals surface area contributed by atoms with Crippen LogP contribution in [0.1, 0.15) is 65.9 Å². The number of hydrogen-bond acceptors (Lipinski definition) is 4. The van der Waals surface area contributed by atoms with Crippen molar-refractivity contribution in [1.29, 1.82) is 0 Å². The van der Waals surface area contributed by atoms with E-state index in [-0.39, 0.29) is 5.60 Å². The zero-order valence-corrected chi connectivity index (χ0v) is 13.2. The van der Waals surface area contributed by atoms with Gasteiger partial charge in [-0.25, -0.2) is 9.97 Å². The Labute approximate surface area is 117 Å². The van der Waals surface area contributed by atoms with Crippen LogP contribution < -0.4 is 10.1 Å². The fourth-order valence-electron chi connectivity index (χ4n) is 1.54. The molecule has 0 aliphatic carbocycles. The van der Waals surface area contributed by atoms with Gasteiger partial charge in [-0.1, -0.05) is 27.7 Å². The lowest BCUT2D eigenvalue weighted by molar-refractivity contribution is 0.127. The Hall–Kier alpha value is -1.16. The largest absolute Gasteiger partial charge is 0.485 e. The molecule has 4 heteroatoms. The summed E-state index contributed by atoms with van der Waals surface area (Å²) in [5.41, 5.74) is 0.692. The molecule has 1 heterocycles. The summed E-state index contributed by atoms with van der Waals surface area (Å²) in [5.74, 6) is 1.95. The Morgan fingerprint density at radius 1 is 1.21 bits per heavy atom. The monoisotopic (exact) mass is 265 g/mol. The van der Waals surface area contributed by atoms with Crippen LogP contribution in [0.4, 0.5) is 0 Å². The number of ether oxygens (including phenoxy) is 1. The average molecular weight is 265 g/mol. The Bertz CT molecular complexity index is 408. The first-order valence-corrected chi connectivity index (χ1v) is 6.97. The van der Waals surface area contributed by atoms with Gasteiger partial charge in [-0.3, -0.25) is 0 Å². The van der Waals surface area contributed by atoms with Gasteiger partial charge < -0.3 is 10.1 Å². The van der Waals surface area contributed by atoms with Crippen LogP contribution in [0.15, 0.2) is 6.20 Å². The Kier molecular flexibility index (Phi) is 5.29. The third-order valence-corrected chi connectivity index (χ3v) is 2.46. The lowest BCUT2D eigenvalue weighted by Crippen LogP contribution is -2.27. The number of aromatic nitrogens is 2. The SMILES string of the molecule is CC(C)NCc1nc(C(C)C)ncc1OC(C)(C)C. The highest BCUT2D eigenvalue weighted by molar-refractivity contribution is 5.26. The summed E-state index contributed by atoms with van der Waals surface area (Å²) in [5, 5.41) is 3.38. The number of nitrogens with one attached hydrogen (secondary N) is 1. The smallest absolute Gasteiger partial charge is 0.161 e. The summed E-state index contributed by atoms with van der Waals surface area (Å²) < 4.78 is 5.93. The van der Waals surface area contributed by atoms with Gasteiger partial charge in [-0.2, -0.15) is 0 Å². The fourth-order valence-corrected chi connectivity index (χ4v) is 1.54. The molecular weight excluding hydrogens is 238 g/mol. The van der Waals surface area contributed by atoms with E-state index >= 15 is 0 Å². The van der Waals surface area contributed by atoms with Crippen LogP contribution >= 0.6 is 0 Å². The quantitative estimate of drug-likeness (QED) is 0.887. The van der Waals surface area contributed by atoms with E-state index in [1.165, 1.54) is 0 Å². The molecule has 0 amide bonds. The number of rotatable bonds is 5. The van der Waals surface area contributed by atoms with Gasteiger partial charge in [0.15, 0.2) is 5.75 Å². The Morgan fingerprint density at radius 3 is 2.32 bits per heavy atom. The standard InChI is InChI=1S/C15H27N3O/c1-10(2)14-17-9-13(19-15(5,6)7)12(18-14)8-16-11(3)4/h9-11,16H,8H2,1-7H3. The molecular formula is C15H27N3O. The van der Waals surface area contributed by atoms with E-state index in [1.807, 2.05) is 20.8 Å². The summed E-state index contributed by atoms with van der Waals surface area (Å²) in [7, 11) is 0. The van der Waals surface area contributed by atoms with Crippen LogP contribution in [-0.4, -0.2) is 21.6 Å². The minimum Gasteiger partial charge on any atom is -0.485 e. The van der Waals surface area contributed by atoms with E-state index in [0.717, 1.165) is 17.3 Å². The Morgan fingerprint density at radius 2 is 1.84 bits per heavy atom. The van der Waals surface area contributed by atoms with E-state index in [1.54, 1.807) is 6.20 Å². The predicted molar refractivity (Wildman–Crippen MR) is 78.5 cm³/mol. The van der Waals surface area contributed by atoms with E-state index < -0.39 is 0 Å². The predicted octanol–water partition coefficient (Wildman–Crippen LogP) is 3.28. The summed E-state index contributed by atoms with van der Waals surface area (Å²) in [6, 6.07) is 0.417. The van der Waals surface area contributed by atoms with Crippen LogP contribution in [0, 0.1) is 0 Å². The lowest BCUT2D eigenvalue weighted by atomic mass is 10.2. The van der Waals surface area contributed by atoms with Crippen molar-refractivity contribution in [3.63, 3.8) is 0 Å². The molecule has 1 N–H and O–H groups in total.